The summed E-state index contributed by atoms with van der Waals surface area (Å²) in [5.41, 5.74) is 1.42. The van der Waals surface area contributed by atoms with Gasteiger partial charge in [-0.3, -0.25) is 9.59 Å². The van der Waals surface area contributed by atoms with Gasteiger partial charge in [0.25, 0.3) is 0 Å². The molecule has 0 aliphatic carbocycles. The Labute approximate surface area is 193 Å². The third-order valence-electron chi connectivity index (χ3n) is 4.06. The summed E-state index contributed by atoms with van der Waals surface area (Å²) in [6.07, 6.45) is -1.09. The smallest absolute Gasteiger partial charge is 0.341 e. The molecule has 0 fully saturated rings. The van der Waals surface area contributed by atoms with E-state index in [9.17, 15) is 14.4 Å². The Kier molecular flexibility index (Phi) is 8.55. The van der Waals surface area contributed by atoms with Gasteiger partial charge < -0.3 is 15.4 Å². The van der Waals surface area contributed by atoms with Crippen molar-refractivity contribution in [3.8, 4) is 0 Å². The van der Waals surface area contributed by atoms with Gasteiger partial charge in [0.1, 0.15) is 11.2 Å². The van der Waals surface area contributed by atoms with Crippen LogP contribution in [0.4, 0.5) is 5.00 Å². The fourth-order valence-corrected chi connectivity index (χ4v) is 4.17. The molecule has 2 N–H and O–H groups in total. The first-order chi connectivity index (χ1) is 14.0. The van der Waals surface area contributed by atoms with Crippen molar-refractivity contribution in [2.24, 2.45) is 0 Å². The van der Waals surface area contributed by atoms with E-state index >= 15 is 0 Å². The van der Waals surface area contributed by atoms with E-state index in [0.29, 0.717) is 10.4 Å². The number of hydrogen-bond acceptors (Lipinski definition) is 6. The number of hydrogen-bond donors (Lipinski definition) is 2. The first-order valence-corrected chi connectivity index (χ1v) is 11.0. The molecular formula is C20H21Cl3N2O4S. The van der Waals surface area contributed by atoms with E-state index in [2.05, 4.69) is 10.6 Å². The van der Waals surface area contributed by atoms with Crippen LogP contribution in [0.25, 0.3) is 0 Å². The second-order valence-corrected chi connectivity index (χ2v) is 9.78. The Balaban J connectivity index is 2.32. The quantitative estimate of drug-likeness (QED) is 0.237. The van der Waals surface area contributed by atoms with Gasteiger partial charge >= 0.3 is 5.97 Å². The first-order valence-electron chi connectivity index (χ1n) is 9.02. The number of halogens is 3. The van der Waals surface area contributed by atoms with Crippen molar-refractivity contribution in [1.82, 2.24) is 5.32 Å². The number of nitrogens with one attached hydrogen (secondary N) is 2. The van der Waals surface area contributed by atoms with E-state index < -0.39 is 15.9 Å². The molecule has 0 spiro atoms. The van der Waals surface area contributed by atoms with Crippen LogP contribution in [0, 0.1) is 6.92 Å². The molecule has 0 radical (unpaired) electrons. The summed E-state index contributed by atoms with van der Waals surface area (Å²) < 4.78 is 3.16. The standard InChI is InChI=1S/C20H21Cl3N2O4S/c1-4-29-18(28)15-11(2)16(12(3)26)30-17(15)25-19(20(21,22)23)24-14(27)10-13-8-6-5-7-9-13/h5-9,19,25H,4,10H2,1-3H3,(H,24,27)/t19-/m1/s1. The van der Waals surface area contributed by atoms with Gasteiger partial charge in [0.05, 0.1) is 23.5 Å². The summed E-state index contributed by atoms with van der Waals surface area (Å²) >= 11 is 19.3. The molecule has 0 unspecified atom stereocenters. The van der Waals surface area contributed by atoms with E-state index in [1.54, 1.807) is 26.0 Å². The molecule has 0 aliphatic rings. The molecular weight excluding hydrogens is 471 g/mol. The number of carbonyl (C=O) groups excluding carboxylic acids is 3. The van der Waals surface area contributed by atoms with Crippen LogP contribution in [0.3, 0.4) is 0 Å². The average Bonchev–Trinajstić information content (AvgIpc) is 2.98. The average molecular weight is 492 g/mol. The van der Waals surface area contributed by atoms with Crippen molar-refractivity contribution in [2.75, 3.05) is 11.9 Å². The van der Waals surface area contributed by atoms with Crippen LogP contribution >= 0.6 is 46.1 Å². The van der Waals surface area contributed by atoms with Crippen LogP contribution in [0.5, 0.6) is 0 Å². The van der Waals surface area contributed by atoms with Crippen LogP contribution < -0.4 is 10.6 Å². The number of ketones is 1. The Morgan fingerprint density at radius 3 is 2.33 bits per heavy atom. The summed E-state index contributed by atoms with van der Waals surface area (Å²) in [6.45, 7) is 4.87. The SMILES string of the molecule is CCOC(=O)c1c(N[C@@H](NC(=O)Cc2ccccc2)C(Cl)(Cl)Cl)sc(C(C)=O)c1C. The molecule has 162 valence electrons. The molecule has 1 aromatic heterocycles. The third-order valence-corrected chi connectivity index (χ3v) is 6.04. The highest BCUT2D eigenvalue weighted by molar-refractivity contribution is 7.18. The summed E-state index contributed by atoms with van der Waals surface area (Å²) in [6, 6.07) is 9.08. The predicted molar refractivity (Wildman–Crippen MR) is 121 cm³/mol. The number of carbonyl (C=O) groups is 3. The molecule has 2 aromatic rings. The number of esters is 1. The van der Waals surface area contributed by atoms with Gasteiger partial charge in [-0.2, -0.15) is 0 Å². The number of benzene rings is 1. The molecule has 10 heteroatoms. The molecule has 6 nitrogen and oxygen atoms in total. The van der Waals surface area contributed by atoms with Gasteiger partial charge in [-0.1, -0.05) is 65.1 Å². The number of thiophene rings is 1. The van der Waals surface area contributed by atoms with Crippen LogP contribution in [-0.4, -0.2) is 34.2 Å². The van der Waals surface area contributed by atoms with Crippen molar-refractivity contribution < 1.29 is 19.1 Å². The van der Waals surface area contributed by atoms with E-state index in [1.165, 1.54) is 6.92 Å². The van der Waals surface area contributed by atoms with Crippen LogP contribution in [0.1, 0.15) is 45.0 Å². The first kappa shape index (κ1) is 24.5. The molecule has 1 amide bonds. The molecule has 0 saturated carbocycles. The number of amides is 1. The lowest BCUT2D eigenvalue weighted by Crippen LogP contribution is -2.49. The van der Waals surface area contributed by atoms with E-state index in [4.69, 9.17) is 39.5 Å². The maximum atomic E-state index is 12.5. The maximum absolute atomic E-state index is 12.5. The molecule has 30 heavy (non-hydrogen) atoms. The Hall–Kier alpha value is -1.80. The summed E-state index contributed by atoms with van der Waals surface area (Å²) in [4.78, 5) is 37.3. The lowest BCUT2D eigenvalue weighted by molar-refractivity contribution is -0.120. The number of anilines is 1. The number of Topliss-reactive ketones (excluding diaryl/α,β-unsaturated/α-hetero) is 1. The van der Waals surface area contributed by atoms with Gasteiger partial charge in [0.2, 0.25) is 9.70 Å². The zero-order chi connectivity index (χ0) is 22.5. The molecule has 0 bridgehead atoms. The van der Waals surface area contributed by atoms with Crippen LogP contribution in [-0.2, 0) is 16.0 Å². The minimum absolute atomic E-state index is 0.0761. The maximum Gasteiger partial charge on any atom is 0.341 e. The monoisotopic (exact) mass is 490 g/mol. The van der Waals surface area contributed by atoms with Crippen LogP contribution in [0.2, 0.25) is 0 Å². The largest absolute Gasteiger partial charge is 0.462 e. The zero-order valence-corrected chi connectivity index (χ0v) is 19.6. The van der Waals surface area contributed by atoms with Crippen molar-refractivity contribution in [3.63, 3.8) is 0 Å². The van der Waals surface area contributed by atoms with Gasteiger partial charge in [-0.05, 0) is 31.9 Å². The van der Waals surface area contributed by atoms with Crippen LogP contribution in [0.15, 0.2) is 30.3 Å². The lowest BCUT2D eigenvalue weighted by Gasteiger charge is -2.27. The molecule has 0 aliphatic heterocycles. The highest BCUT2D eigenvalue weighted by Crippen LogP contribution is 2.38. The molecule has 1 aromatic carbocycles. The summed E-state index contributed by atoms with van der Waals surface area (Å²) in [5, 5.41) is 5.80. The Bertz CT molecular complexity index is 926. The van der Waals surface area contributed by atoms with Gasteiger partial charge in [0.15, 0.2) is 5.78 Å². The number of rotatable bonds is 8. The van der Waals surface area contributed by atoms with Crippen molar-refractivity contribution in [2.45, 2.75) is 37.2 Å². The fourth-order valence-electron chi connectivity index (χ4n) is 2.72. The summed E-state index contributed by atoms with van der Waals surface area (Å²) in [5.74, 6) is -1.21. The van der Waals surface area contributed by atoms with Crippen molar-refractivity contribution in [1.29, 1.82) is 0 Å². The highest BCUT2D eigenvalue weighted by atomic mass is 35.6. The second kappa shape index (κ2) is 10.5. The molecule has 1 heterocycles. The topological polar surface area (TPSA) is 84.5 Å². The highest BCUT2D eigenvalue weighted by Gasteiger charge is 2.36. The molecule has 0 saturated heterocycles. The molecule has 2 rings (SSSR count). The Morgan fingerprint density at radius 2 is 1.80 bits per heavy atom. The van der Waals surface area contributed by atoms with Crippen molar-refractivity contribution in [3.05, 3.63) is 51.9 Å². The van der Waals surface area contributed by atoms with Crippen molar-refractivity contribution >= 4 is 68.8 Å². The van der Waals surface area contributed by atoms with E-state index in [-0.39, 0.29) is 35.3 Å². The Morgan fingerprint density at radius 1 is 1.17 bits per heavy atom. The minimum atomic E-state index is -1.94. The van der Waals surface area contributed by atoms with E-state index in [0.717, 1.165) is 16.9 Å². The number of ether oxygens (including phenoxy) is 1. The van der Waals surface area contributed by atoms with Gasteiger partial charge in [-0.25, -0.2) is 4.79 Å². The zero-order valence-electron chi connectivity index (χ0n) is 16.6. The lowest BCUT2D eigenvalue weighted by atomic mass is 10.1. The van der Waals surface area contributed by atoms with Gasteiger partial charge in [-0.15, -0.1) is 11.3 Å². The third kappa shape index (κ3) is 6.35. The second-order valence-electron chi connectivity index (χ2n) is 6.39. The molecule has 1 atom stereocenters. The fraction of sp³-hybridized carbons (Fsp3) is 0.350. The summed E-state index contributed by atoms with van der Waals surface area (Å²) in [7, 11) is 0. The number of alkyl halides is 3. The normalized spacial score (nSPS) is 12.2. The minimum Gasteiger partial charge on any atom is -0.462 e. The van der Waals surface area contributed by atoms with E-state index in [1.807, 2.05) is 18.2 Å². The van der Waals surface area contributed by atoms with Gasteiger partial charge in [0, 0.05) is 0 Å². The predicted octanol–water partition coefficient (Wildman–Crippen LogP) is 4.90.